The molecule has 0 amide bonds. The van der Waals surface area contributed by atoms with Crippen molar-refractivity contribution in [2.24, 2.45) is 5.84 Å². The summed E-state index contributed by atoms with van der Waals surface area (Å²) in [6.07, 6.45) is 0. The van der Waals surface area contributed by atoms with Crippen LogP contribution >= 0.6 is 0 Å². The van der Waals surface area contributed by atoms with E-state index in [0.29, 0.717) is 11.6 Å². The van der Waals surface area contributed by atoms with Gasteiger partial charge in [0.2, 0.25) is 5.88 Å². The molecule has 1 aromatic carbocycles. The Balaban J connectivity index is 2.31. The first-order valence-electron chi connectivity index (χ1n) is 5.32. The van der Waals surface area contributed by atoms with Crippen LogP contribution in [-0.4, -0.2) is 9.97 Å². The topological polar surface area (TPSA) is 96.9 Å². The van der Waals surface area contributed by atoms with E-state index in [1.165, 1.54) is 18.2 Å². The highest BCUT2D eigenvalue weighted by molar-refractivity contribution is 5.41. The number of aromatic nitrogens is 2. The molecule has 6 nitrogen and oxygen atoms in total. The fourth-order valence-corrected chi connectivity index (χ4v) is 1.43. The van der Waals surface area contributed by atoms with Crippen LogP contribution in [0.15, 0.2) is 24.3 Å². The third kappa shape index (κ3) is 2.94. The zero-order chi connectivity index (χ0) is 13.8. The summed E-state index contributed by atoms with van der Waals surface area (Å²) in [5.74, 6) is 5.52. The van der Waals surface area contributed by atoms with Crippen LogP contribution in [0.25, 0.3) is 0 Å². The number of hydrazine groups is 1. The molecule has 0 spiro atoms. The minimum atomic E-state index is -0.641. The Hall–Kier alpha value is -2.72. The molecule has 0 unspecified atom stereocenters. The summed E-state index contributed by atoms with van der Waals surface area (Å²) in [4.78, 5) is 7.98. The molecule has 2 aromatic rings. The number of anilines is 1. The molecule has 96 valence electrons. The highest BCUT2D eigenvalue weighted by Crippen LogP contribution is 2.24. The second-order valence-corrected chi connectivity index (χ2v) is 3.64. The molecule has 0 bridgehead atoms. The molecule has 1 aromatic heterocycles. The molecular weight excluding hydrogens is 249 g/mol. The Morgan fingerprint density at radius 3 is 2.79 bits per heavy atom. The maximum Gasteiger partial charge on any atom is 0.224 e. The van der Waals surface area contributed by atoms with E-state index in [4.69, 9.17) is 15.8 Å². The standard InChI is InChI=1S/C12H10FN5O/c1-7-16-11(18-15)5-12(17-7)19-10-3-2-8(6-14)4-9(10)13/h2-5H,15H2,1H3,(H,16,17,18). The molecule has 0 aliphatic carbocycles. The van der Waals surface area contributed by atoms with Gasteiger partial charge in [0.15, 0.2) is 11.6 Å². The number of hydrogen-bond acceptors (Lipinski definition) is 6. The highest BCUT2D eigenvalue weighted by atomic mass is 19.1. The molecule has 1 heterocycles. The van der Waals surface area contributed by atoms with Crippen LogP contribution in [0.2, 0.25) is 0 Å². The minimum Gasteiger partial charge on any atom is -0.436 e. The average molecular weight is 259 g/mol. The van der Waals surface area contributed by atoms with Crippen molar-refractivity contribution in [3.8, 4) is 17.7 Å². The molecule has 0 fully saturated rings. The summed E-state index contributed by atoms with van der Waals surface area (Å²) >= 11 is 0. The second-order valence-electron chi connectivity index (χ2n) is 3.64. The molecule has 7 heteroatoms. The molecule has 19 heavy (non-hydrogen) atoms. The van der Waals surface area contributed by atoms with Crippen molar-refractivity contribution in [3.63, 3.8) is 0 Å². The number of nitriles is 1. The van der Waals surface area contributed by atoms with Gasteiger partial charge in [-0.15, -0.1) is 0 Å². The Labute approximate surface area is 108 Å². The SMILES string of the molecule is Cc1nc(NN)cc(Oc2ccc(C#N)cc2F)n1. The average Bonchev–Trinajstić information content (AvgIpc) is 2.40. The van der Waals surface area contributed by atoms with Gasteiger partial charge in [0.05, 0.1) is 11.6 Å². The molecule has 0 saturated carbocycles. The third-order valence-corrected chi connectivity index (χ3v) is 2.24. The lowest BCUT2D eigenvalue weighted by molar-refractivity contribution is 0.425. The normalized spacial score (nSPS) is 9.79. The van der Waals surface area contributed by atoms with Crippen molar-refractivity contribution in [3.05, 3.63) is 41.5 Å². The quantitative estimate of drug-likeness (QED) is 0.645. The fraction of sp³-hybridized carbons (Fsp3) is 0.0833. The predicted molar refractivity (Wildman–Crippen MR) is 65.8 cm³/mol. The third-order valence-electron chi connectivity index (χ3n) is 2.24. The van der Waals surface area contributed by atoms with Crippen molar-refractivity contribution < 1.29 is 9.13 Å². The number of nitrogens with zero attached hydrogens (tertiary/aromatic N) is 3. The van der Waals surface area contributed by atoms with Crippen LogP contribution in [0.1, 0.15) is 11.4 Å². The number of ether oxygens (including phenoxy) is 1. The van der Waals surface area contributed by atoms with Gasteiger partial charge in [-0.2, -0.15) is 10.2 Å². The van der Waals surface area contributed by atoms with Crippen LogP contribution in [0, 0.1) is 24.1 Å². The van der Waals surface area contributed by atoms with E-state index in [1.54, 1.807) is 6.92 Å². The van der Waals surface area contributed by atoms with Gasteiger partial charge in [0.25, 0.3) is 0 Å². The Bertz CT molecular complexity index is 653. The molecule has 0 aliphatic rings. The van der Waals surface area contributed by atoms with E-state index in [0.717, 1.165) is 6.07 Å². The predicted octanol–water partition coefficient (Wildman–Crippen LogP) is 1.87. The molecular formula is C12H10FN5O. The van der Waals surface area contributed by atoms with Crippen LogP contribution in [0.3, 0.4) is 0 Å². The Morgan fingerprint density at radius 1 is 1.37 bits per heavy atom. The maximum absolute atomic E-state index is 13.6. The summed E-state index contributed by atoms with van der Waals surface area (Å²) in [6.45, 7) is 1.66. The molecule has 0 radical (unpaired) electrons. The summed E-state index contributed by atoms with van der Waals surface area (Å²) in [5, 5.41) is 8.65. The number of benzene rings is 1. The van der Waals surface area contributed by atoms with Gasteiger partial charge in [-0.25, -0.2) is 15.2 Å². The van der Waals surface area contributed by atoms with Gasteiger partial charge >= 0.3 is 0 Å². The largest absolute Gasteiger partial charge is 0.436 e. The lowest BCUT2D eigenvalue weighted by Gasteiger charge is -2.08. The summed E-state index contributed by atoms with van der Waals surface area (Å²) < 4.78 is 18.9. The van der Waals surface area contributed by atoms with Gasteiger partial charge in [0, 0.05) is 6.07 Å². The van der Waals surface area contributed by atoms with E-state index in [1.807, 2.05) is 6.07 Å². The summed E-state index contributed by atoms with van der Waals surface area (Å²) in [5.41, 5.74) is 2.57. The van der Waals surface area contributed by atoms with Crippen molar-refractivity contribution in [2.75, 3.05) is 5.43 Å². The zero-order valence-corrected chi connectivity index (χ0v) is 10.0. The van der Waals surface area contributed by atoms with Crippen molar-refractivity contribution in [1.29, 1.82) is 5.26 Å². The number of nitrogens with two attached hydrogens (primary N) is 1. The van der Waals surface area contributed by atoms with Crippen molar-refractivity contribution in [1.82, 2.24) is 9.97 Å². The zero-order valence-electron chi connectivity index (χ0n) is 10.0. The first-order chi connectivity index (χ1) is 9.12. The maximum atomic E-state index is 13.6. The van der Waals surface area contributed by atoms with Gasteiger partial charge in [-0.1, -0.05) is 0 Å². The summed E-state index contributed by atoms with van der Waals surface area (Å²) in [7, 11) is 0. The summed E-state index contributed by atoms with van der Waals surface area (Å²) in [6, 6.07) is 7.18. The van der Waals surface area contributed by atoms with Crippen LogP contribution in [0.5, 0.6) is 11.6 Å². The van der Waals surface area contributed by atoms with Crippen molar-refractivity contribution in [2.45, 2.75) is 6.92 Å². The fourth-order valence-electron chi connectivity index (χ4n) is 1.43. The first kappa shape index (κ1) is 12.7. The first-order valence-corrected chi connectivity index (χ1v) is 5.32. The molecule has 2 rings (SSSR count). The monoisotopic (exact) mass is 259 g/mol. The van der Waals surface area contributed by atoms with Gasteiger partial charge in [-0.05, 0) is 25.1 Å². The smallest absolute Gasteiger partial charge is 0.224 e. The highest BCUT2D eigenvalue weighted by Gasteiger charge is 2.08. The van der Waals surface area contributed by atoms with E-state index < -0.39 is 5.82 Å². The van der Waals surface area contributed by atoms with Gasteiger partial charge in [0.1, 0.15) is 11.6 Å². The van der Waals surface area contributed by atoms with E-state index in [-0.39, 0.29) is 17.2 Å². The van der Waals surface area contributed by atoms with E-state index >= 15 is 0 Å². The van der Waals surface area contributed by atoms with Crippen LogP contribution in [0.4, 0.5) is 10.2 Å². The van der Waals surface area contributed by atoms with E-state index in [9.17, 15) is 4.39 Å². The van der Waals surface area contributed by atoms with Crippen LogP contribution in [-0.2, 0) is 0 Å². The number of halogens is 1. The molecule has 0 aliphatic heterocycles. The van der Waals surface area contributed by atoms with Gasteiger partial charge in [-0.3, -0.25) is 0 Å². The van der Waals surface area contributed by atoms with Crippen LogP contribution < -0.4 is 16.0 Å². The van der Waals surface area contributed by atoms with Crippen molar-refractivity contribution >= 4 is 5.82 Å². The number of nitrogens with one attached hydrogen (secondary N) is 1. The Kier molecular flexibility index (Phi) is 3.54. The second kappa shape index (κ2) is 5.29. The molecule has 3 N–H and O–H groups in total. The number of nitrogen functional groups attached to an aromatic ring is 1. The number of aryl methyl sites for hydroxylation is 1. The lowest BCUT2D eigenvalue weighted by Crippen LogP contribution is -2.10. The molecule has 0 saturated heterocycles. The van der Waals surface area contributed by atoms with E-state index in [2.05, 4.69) is 15.4 Å². The lowest BCUT2D eigenvalue weighted by atomic mass is 10.2. The Morgan fingerprint density at radius 2 is 2.16 bits per heavy atom. The number of rotatable bonds is 3. The molecule has 0 atom stereocenters. The van der Waals surface area contributed by atoms with Gasteiger partial charge < -0.3 is 10.2 Å². The number of hydrogen-bond donors (Lipinski definition) is 2. The minimum absolute atomic E-state index is 0.0277.